The summed E-state index contributed by atoms with van der Waals surface area (Å²) in [5, 5.41) is 1.10. The van der Waals surface area contributed by atoms with Gasteiger partial charge in [-0.2, -0.15) is 0 Å². The van der Waals surface area contributed by atoms with Crippen molar-refractivity contribution in [2.75, 3.05) is 19.6 Å². The molecular weight excluding hydrogens is 224 g/mol. The predicted molar refractivity (Wildman–Crippen MR) is 69.6 cm³/mol. The Morgan fingerprint density at radius 1 is 1.13 bits per heavy atom. The Labute approximate surface area is 101 Å². The molecule has 0 bridgehead atoms. The molecule has 1 heterocycles. The van der Waals surface area contributed by atoms with E-state index < -0.39 is 0 Å². The van der Waals surface area contributed by atoms with E-state index in [0.717, 1.165) is 28.5 Å². The summed E-state index contributed by atoms with van der Waals surface area (Å²) < 4.78 is 1.08. The molecule has 1 aromatic heterocycles. The summed E-state index contributed by atoms with van der Waals surface area (Å²) in [5.74, 6) is 0. The van der Waals surface area contributed by atoms with Crippen molar-refractivity contribution in [3.63, 3.8) is 0 Å². The maximum atomic E-state index is 4.32. The SMILES string of the molecule is CC[N+](CC)(CC)SSc1ccccn1. The highest BCUT2D eigenvalue weighted by atomic mass is 33.1. The first kappa shape index (κ1) is 12.9. The molecule has 0 radical (unpaired) electrons. The molecule has 2 nitrogen and oxygen atoms in total. The summed E-state index contributed by atoms with van der Waals surface area (Å²) in [7, 11) is 3.69. The van der Waals surface area contributed by atoms with E-state index in [4.69, 9.17) is 0 Å². The van der Waals surface area contributed by atoms with Gasteiger partial charge in [0.1, 0.15) is 5.03 Å². The van der Waals surface area contributed by atoms with Crippen LogP contribution in [0.2, 0.25) is 0 Å². The molecule has 4 heteroatoms. The van der Waals surface area contributed by atoms with Gasteiger partial charge in [0, 0.05) is 17.0 Å². The van der Waals surface area contributed by atoms with Crippen LogP contribution in [0.25, 0.3) is 0 Å². The lowest BCUT2D eigenvalue weighted by Gasteiger charge is -2.31. The minimum atomic E-state index is 1.08. The van der Waals surface area contributed by atoms with Crippen LogP contribution in [-0.2, 0) is 0 Å². The van der Waals surface area contributed by atoms with Crippen molar-refractivity contribution in [2.24, 2.45) is 0 Å². The predicted octanol–water partition coefficient (Wildman–Crippen LogP) is 3.61. The molecule has 0 N–H and O–H groups in total. The van der Waals surface area contributed by atoms with Gasteiger partial charge in [-0.05, 0) is 32.9 Å². The number of hydrogen-bond donors (Lipinski definition) is 0. The molecule has 0 aromatic carbocycles. The fourth-order valence-corrected chi connectivity index (χ4v) is 4.08. The molecule has 1 rings (SSSR count). The second-order valence-electron chi connectivity index (χ2n) is 3.33. The third-order valence-corrected chi connectivity index (χ3v) is 5.91. The minimum absolute atomic E-state index is 1.08. The number of hydrogen-bond acceptors (Lipinski definition) is 3. The van der Waals surface area contributed by atoms with Crippen LogP contribution < -0.4 is 0 Å². The second kappa shape index (κ2) is 6.40. The van der Waals surface area contributed by atoms with Gasteiger partial charge in [-0.15, -0.1) is 0 Å². The van der Waals surface area contributed by atoms with Gasteiger partial charge in [0.05, 0.1) is 19.6 Å². The Morgan fingerprint density at radius 2 is 1.80 bits per heavy atom. The molecular formula is C11H19N2S2+. The van der Waals surface area contributed by atoms with Crippen molar-refractivity contribution in [3.05, 3.63) is 24.4 Å². The fourth-order valence-electron chi connectivity index (χ4n) is 1.34. The molecule has 84 valence electrons. The molecule has 0 saturated carbocycles. The first-order chi connectivity index (χ1) is 7.26. The first-order valence-electron chi connectivity index (χ1n) is 5.39. The maximum Gasteiger partial charge on any atom is 0.153 e. The van der Waals surface area contributed by atoms with Gasteiger partial charge in [-0.1, -0.05) is 6.07 Å². The molecule has 0 saturated heterocycles. The third-order valence-electron chi connectivity index (χ3n) is 2.65. The van der Waals surface area contributed by atoms with Crippen molar-refractivity contribution in [2.45, 2.75) is 25.8 Å². The van der Waals surface area contributed by atoms with Crippen molar-refractivity contribution in [1.29, 1.82) is 0 Å². The summed E-state index contributed by atoms with van der Waals surface area (Å²) >= 11 is 0. The molecule has 0 unspecified atom stereocenters. The van der Waals surface area contributed by atoms with Crippen molar-refractivity contribution >= 4 is 21.8 Å². The van der Waals surface area contributed by atoms with Gasteiger partial charge in [0.15, 0.2) is 11.0 Å². The van der Waals surface area contributed by atoms with E-state index in [0.29, 0.717) is 0 Å². The summed E-state index contributed by atoms with van der Waals surface area (Å²) in [4.78, 5) is 4.32. The summed E-state index contributed by atoms with van der Waals surface area (Å²) in [6, 6.07) is 6.05. The molecule has 0 aliphatic carbocycles. The minimum Gasteiger partial charge on any atom is -0.252 e. The zero-order valence-corrected chi connectivity index (χ0v) is 11.3. The van der Waals surface area contributed by atoms with Crippen LogP contribution in [0.5, 0.6) is 0 Å². The van der Waals surface area contributed by atoms with E-state index >= 15 is 0 Å². The Morgan fingerprint density at radius 3 is 2.27 bits per heavy atom. The van der Waals surface area contributed by atoms with E-state index in [1.54, 1.807) is 10.8 Å². The molecule has 0 aliphatic heterocycles. The lowest BCUT2D eigenvalue weighted by Crippen LogP contribution is -2.39. The average Bonchev–Trinajstić information content (AvgIpc) is 2.33. The van der Waals surface area contributed by atoms with E-state index in [-0.39, 0.29) is 0 Å². The highest BCUT2D eigenvalue weighted by molar-refractivity contribution is 8.74. The molecule has 15 heavy (non-hydrogen) atoms. The van der Waals surface area contributed by atoms with Crippen molar-refractivity contribution < 1.29 is 3.89 Å². The lowest BCUT2D eigenvalue weighted by molar-refractivity contribution is -0.787. The van der Waals surface area contributed by atoms with Crippen LogP contribution in [0.4, 0.5) is 0 Å². The van der Waals surface area contributed by atoms with Crippen LogP contribution in [0, 0.1) is 0 Å². The number of rotatable bonds is 6. The van der Waals surface area contributed by atoms with E-state index in [9.17, 15) is 0 Å². The summed E-state index contributed by atoms with van der Waals surface area (Å²) in [6.07, 6.45) is 1.85. The number of pyridine rings is 1. The zero-order valence-electron chi connectivity index (χ0n) is 9.64. The smallest absolute Gasteiger partial charge is 0.153 e. The highest BCUT2D eigenvalue weighted by Gasteiger charge is 2.23. The topological polar surface area (TPSA) is 12.9 Å². The molecule has 0 spiro atoms. The van der Waals surface area contributed by atoms with Gasteiger partial charge >= 0.3 is 0 Å². The van der Waals surface area contributed by atoms with E-state index in [2.05, 4.69) is 31.8 Å². The average molecular weight is 243 g/mol. The zero-order chi connectivity index (χ0) is 11.1. The number of aromatic nitrogens is 1. The van der Waals surface area contributed by atoms with Gasteiger partial charge in [0.25, 0.3) is 0 Å². The monoisotopic (exact) mass is 243 g/mol. The molecule has 0 aliphatic rings. The molecule has 1 aromatic rings. The van der Waals surface area contributed by atoms with E-state index in [1.807, 2.05) is 29.3 Å². The van der Waals surface area contributed by atoms with Crippen LogP contribution in [0.15, 0.2) is 29.4 Å². The largest absolute Gasteiger partial charge is 0.252 e. The quantitative estimate of drug-likeness (QED) is 0.430. The Kier molecular flexibility index (Phi) is 5.50. The summed E-state index contributed by atoms with van der Waals surface area (Å²) in [6.45, 7) is 10.2. The third kappa shape index (κ3) is 3.70. The van der Waals surface area contributed by atoms with E-state index in [1.165, 1.54) is 0 Å². The number of nitrogens with zero attached hydrogens (tertiary/aromatic N) is 2. The molecule has 0 atom stereocenters. The van der Waals surface area contributed by atoms with Crippen LogP contribution >= 0.6 is 21.8 Å². The molecule has 0 amide bonds. The van der Waals surface area contributed by atoms with Crippen LogP contribution in [0.3, 0.4) is 0 Å². The van der Waals surface area contributed by atoms with Gasteiger partial charge in [0.2, 0.25) is 0 Å². The number of quaternary nitrogens is 1. The lowest BCUT2D eigenvalue weighted by atomic mass is 10.5. The van der Waals surface area contributed by atoms with Crippen molar-refractivity contribution in [1.82, 2.24) is 4.98 Å². The van der Waals surface area contributed by atoms with Gasteiger partial charge in [-0.25, -0.2) is 4.98 Å². The van der Waals surface area contributed by atoms with Crippen LogP contribution in [0.1, 0.15) is 20.8 Å². The van der Waals surface area contributed by atoms with Crippen molar-refractivity contribution in [3.8, 4) is 0 Å². The Balaban J connectivity index is 2.54. The standard InChI is InChI=1S/C11H19N2S2/c1-4-13(5-2,6-3)15-14-11-9-7-8-10-12-11/h7-10H,4-6H2,1-3H3/q+1. The summed E-state index contributed by atoms with van der Waals surface area (Å²) in [5.41, 5.74) is 0. The molecule has 0 fully saturated rings. The van der Waals surface area contributed by atoms with Gasteiger partial charge in [-0.3, -0.25) is 3.89 Å². The normalized spacial score (nSPS) is 11.7. The highest BCUT2D eigenvalue weighted by Crippen LogP contribution is 2.37. The van der Waals surface area contributed by atoms with Gasteiger partial charge < -0.3 is 0 Å². The maximum absolute atomic E-state index is 4.32. The first-order valence-corrected chi connectivity index (χ1v) is 7.50. The Hall–Kier alpha value is -0.190. The Bertz CT molecular complexity index is 265. The fraction of sp³-hybridized carbons (Fsp3) is 0.545. The second-order valence-corrected chi connectivity index (χ2v) is 5.79. The van der Waals surface area contributed by atoms with Crippen LogP contribution in [-0.4, -0.2) is 28.5 Å².